The van der Waals surface area contributed by atoms with Crippen molar-refractivity contribution in [3.8, 4) is 0 Å². The molecule has 1 atom stereocenters. The number of sulfonamides is 1. The lowest BCUT2D eigenvalue weighted by molar-refractivity contribution is 0.267. The molecule has 0 amide bonds. The van der Waals surface area contributed by atoms with Gasteiger partial charge in [-0.2, -0.15) is 4.31 Å². The highest BCUT2D eigenvalue weighted by Gasteiger charge is 2.35. The molecule has 0 aromatic heterocycles. The van der Waals surface area contributed by atoms with Gasteiger partial charge in [-0.15, -0.1) is 0 Å². The number of nitrogens with zero attached hydrogens (tertiary/aromatic N) is 1. The summed E-state index contributed by atoms with van der Waals surface area (Å²) < 4.78 is 26.6. The Morgan fingerprint density at radius 2 is 1.79 bits per heavy atom. The van der Waals surface area contributed by atoms with E-state index in [1.165, 1.54) is 32.1 Å². The van der Waals surface area contributed by atoms with Crippen LogP contribution >= 0.6 is 0 Å². The van der Waals surface area contributed by atoms with Gasteiger partial charge in [0.05, 0.1) is 5.75 Å². The van der Waals surface area contributed by atoms with Gasteiger partial charge in [0.1, 0.15) is 0 Å². The van der Waals surface area contributed by atoms with E-state index in [1.807, 2.05) is 4.31 Å². The third-order valence-corrected chi connectivity index (χ3v) is 6.77. The largest absolute Gasteiger partial charge is 0.214 e. The number of rotatable bonds is 6. The van der Waals surface area contributed by atoms with Crippen LogP contribution < -0.4 is 0 Å². The smallest absolute Gasteiger partial charge is 0.212 e. The topological polar surface area (TPSA) is 37.4 Å². The van der Waals surface area contributed by atoms with Crippen LogP contribution in [0.1, 0.15) is 71.1 Å². The Balaban J connectivity index is 1.92. The van der Waals surface area contributed by atoms with E-state index in [9.17, 15) is 8.42 Å². The van der Waals surface area contributed by atoms with Gasteiger partial charge in [-0.1, -0.05) is 45.4 Å². The molecule has 1 heterocycles. The molecule has 4 heteroatoms. The molecular formula is C15H29NO2S. The Hall–Kier alpha value is -0.0900. The highest BCUT2D eigenvalue weighted by molar-refractivity contribution is 7.89. The van der Waals surface area contributed by atoms with Crippen LogP contribution in [0.4, 0.5) is 0 Å². The Morgan fingerprint density at radius 1 is 1.05 bits per heavy atom. The molecule has 2 fully saturated rings. The van der Waals surface area contributed by atoms with Crippen LogP contribution in [0.2, 0.25) is 0 Å². The third-order valence-electron chi connectivity index (χ3n) is 4.77. The molecule has 2 aliphatic rings. The first-order chi connectivity index (χ1) is 9.13. The summed E-state index contributed by atoms with van der Waals surface area (Å²) in [6, 6.07) is 0.310. The Labute approximate surface area is 118 Å². The van der Waals surface area contributed by atoms with Gasteiger partial charge in [-0.25, -0.2) is 8.42 Å². The summed E-state index contributed by atoms with van der Waals surface area (Å²) in [6.45, 7) is 2.82. The van der Waals surface area contributed by atoms with Crippen molar-refractivity contribution in [2.75, 3.05) is 12.3 Å². The van der Waals surface area contributed by atoms with Gasteiger partial charge in [0, 0.05) is 12.6 Å². The van der Waals surface area contributed by atoms with Gasteiger partial charge in [0.15, 0.2) is 0 Å². The Bertz CT molecular complexity index is 360. The molecule has 19 heavy (non-hydrogen) atoms. The van der Waals surface area contributed by atoms with Gasteiger partial charge < -0.3 is 0 Å². The summed E-state index contributed by atoms with van der Waals surface area (Å²) in [5.41, 5.74) is 0. The zero-order chi connectivity index (χ0) is 13.7. The molecule has 0 unspecified atom stereocenters. The fourth-order valence-electron chi connectivity index (χ4n) is 3.66. The second-order valence-electron chi connectivity index (χ2n) is 6.32. The summed E-state index contributed by atoms with van der Waals surface area (Å²) in [7, 11) is -2.99. The van der Waals surface area contributed by atoms with Gasteiger partial charge >= 0.3 is 0 Å². The minimum atomic E-state index is -2.99. The van der Waals surface area contributed by atoms with Crippen molar-refractivity contribution in [3.05, 3.63) is 0 Å². The molecule has 0 radical (unpaired) electrons. The van der Waals surface area contributed by atoms with Gasteiger partial charge in [-0.3, -0.25) is 0 Å². The van der Waals surface area contributed by atoms with Crippen molar-refractivity contribution < 1.29 is 8.42 Å². The normalized spacial score (nSPS) is 26.9. The van der Waals surface area contributed by atoms with Crippen molar-refractivity contribution in [3.63, 3.8) is 0 Å². The zero-order valence-corrected chi connectivity index (χ0v) is 13.1. The molecule has 0 aromatic carbocycles. The Kier molecular flexibility index (Phi) is 5.70. The van der Waals surface area contributed by atoms with E-state index in [-0.39, 0.29) is 0 Å². The molecule has 0 spiro atoms. The van der Waals surface area contributed by atoms with Crippen molar-refractivity contribution in [2.45, 2.75) is 77.2 Å². The van der Waals surface area contributed by atoms with Crippen molar-refractivity contribution in [1.29, 1.82) is 0 Å². The van der Waals surface area contributed by atoms with E-state index in [0.29, 0.717) is 11.8 Å². The molecular weight excluding hydrogens is 258 g/mol. The van der Waals surface area contributed by atoms with Crippen molar-refractivity contribution >= 4 is 10.0 Å². The van der Waals surface area contributed by atoms with Crippen molar-refractivity contribution in [1.82, 2.24) is 4.31 Å². The van der Waals surface area contributed by atoms with Crippen LogP contribution in [-0.2, 0) is 10.0 Å². The average Bonchev–Trinajstić information content (AvgIpc) is 2.87. The van der Waals surface area contributed by atoms with Crippen LogP contribution in [0.3, 0.4) is 0 Å². The molecule has 1 aliphatic carbocycles. The van der Waals surface area contributed by atoms with Crippen LogP contribution in [0.5, 0.6) is 0 Å². The minimum absolute atomic E-state index is 0.310. The minimum Gasteiger partial charge on any atom is -0.212 e. The lowest BCUT2D eigenvalue weighted by Crippen LogP contribution is -2.38. The van der Waals surface area contributed by atoms with E-state index in [2.05, 4.69) is 6.92 Å². The summed E-state index contributed by atoms with van der Waals surface area (Å²) in [5, 5.41) is 0. The molecule has 0 bridgehead atoms. The predicted octanol–water partition coefficient (Wildman–Crippen LogP) is 3.55. The van der Waals surface area contributed by atoms with E-state index in [4.69, 9.17) is 0 Å². The first kappa shape index (κ1) is 15.3. The van der Waals surface area contributed by atoms with Crippen LogP contribution in [0, 0.1) is 5.92 Å². The van der Waals surface area contributed by atoms with Gasteiger partial charge in [0.25, 0.3) is 0 Å². The third kappa shape index (κ3) is 4.19. The average molecular weight is 287 g/mol. The lowest BCUT2D eigenvalue weighted by Gasteiger charge is -2.29. The number of unbranched alkanes of at least 4 members (excludes halogenated alkanes) is 1. The van der Waals surface area contributed by atoms with E-state index in [1.54, 1.807) is 0 Å². The van der Waals surface area contributed by atoms with Crippen LogP contribution in [0.25, 0.3) is 0 Å². The monoisotopic (exact) mass is 287 g/mol. The van der Waals surface area contributed by atoms with E-state index < -0.39 is 10.0 Å². The second kappa shape index (κ2) is 7.07. The number of hydrogen-bond acceptors (Lipinski definition) is 2. The fourth-order valence-corrected chi connectivity index (χ4v) is 5.60. The van der Waals surface area contributed by atoms with E-state index in [0.717, 1.165) is 44.6 Å². The van der Waals surface area contributed by atoms with Crippen LogP contribution in [-0.4, -0.2) is 31.1 Å². The van der Waals surface area contributed by atoms with Gasteiger partial charge in [0.2, 0.25) is 10.0 Å². The molecule has 0 N–H and O–H groups in total. The highest BCUT2D eigenvalue weighted by atomic mass is 32.2. The molecule has 1 aliphatic heterocycles. The molecule has 1 saturated carbocycles. The maximum Gasteiger partial charge on any atom is 0.214 e. The van der Waals surface area contributed by atoms with Gasteiger partial charge in [-0.05, 0) is 31.6 Å². The molecule has 0 aromatic rings. The zero-order valence-electron chi connectivity index (χ0n) is 12.3. The molecule has 1 saturated heterocycles. The maximum absolute atomic E-state index is 12.4. The highest BCUT2D eigenvalue weighted by Crippen LogP contribution is 2.33. The summed E-state index contributed by atoms with van der Waals surface area (Å²) in [4.78, 5) is 0. The first-order valence-electron chi connectivity index (χ1n) is 8.13. The molecule has 3 nitrogen and oxygen atoms in total. The molecule has 112 valence electrons. The fraction of sp³-hybridized carbons (Fsp3) is 1.00. The first-order valence-corrected chi connectivity index (χ1v) is 9.74. The summed E-state index contributed by atoms with van der Waals surface area (Å²) in [6.07, 6.45) is 11.7. The second-order valence-corrected chi connectivity index (χ2v) is 8.36. The van der Waals surface area contributed by atoms with Crippen LogP contribution in [0.15, 0.2) is 0 Å². The summed E-state index contributed by atoms with van der Waals surface area (Å²) >= 11 is 0. The maximum atomic E-state index is 12.4. The summed E-state index contributed by atoms with van der Waals surface area (Å²) in [5.74, 6) is 1.13. The number of hydrogen-bond donors (Lipinski definition) is 0. The SMILES string of the molecule is CCCCS(=O)(=O)N1CCC[C@@H]1CC1CCCCC1. The quantitative estimate of drug-likeness (QED) is 0.749. The standard InChI is InChI=1S/C15H29NO2S/c1-2-3-12-19(17,18)16-11-7-10-15(16)13-14-8-5-4-6-9-14/h14-15H,2-13H2,1H3/t15-/m1/s1. The van der Waals surface area contributed by atoms with E-state index >= 15 is 0 Å². The lowest BCUT2D eigenvalue weighted by atomic mass is 9.84. The van der Waals surface area contributed by atoms with Crippen molar-refractivity contribution in [2.24, 2.45) is 5.92 Å². The Morgan fingerprint density at radius 3 is 2.47 bits per heavy atom. The predicted molar refractivity (Wildman–Crippen MR) is 79.6 cm³/mol. The molecule has 2 rings (SSSR count).